The largest absolute Gasteiger partial charge is 0.483 e. The molecule has 0 atom stereocenters. The Balaban J connectivity index is 1.94. The topological polar surface area (TPSA) is 106 Å². The van der Waals surface area contributed by atoms with Crippen LogP contribution < -0.4 is 26.4 Å². The first-order chi connectivity index (χ1) is 16.9. The summed E-state index contributed by atoms with van der Waals surface area (Å²) in [6.07, 6.45) is 1.39. The van der Waals surface area contributed by atoms with E-state index in [9.17, 15) is 9.18 Å². The second kappa shape index (κ2) is 10.4. The number of nitrogens with two attached hydrogens (primary N) is 1. The van der Waals surface area contributed by atoms with Gasteiger partial charge in [0.25, 0.3) is 5.91 Å². The van der Waals surface area contributed by atoms with E-state index >= 15 is 0 Å². The molecule has 1 amide bonds. The molecule has 2 aromatic heterocycles. The number of hydrogen-bond donors (Lipinski definition) is 4. The summed E-state index contributed by atoms with van der Waals surface area (Å²) in [5, 5.41) is 10.00. The van der Waals surface area contributed by atoms with E-state index in [1.807, 2.05) is 51.2 Å². The van der Waals surface area contributed by atoms with Crippen molar-refractivity contribution in [2.24, 2.45) is 5.73 Å². The number of aryl methyl sites for hydroxylation is 2. The summed E-state index contributed by atoms with van der Waals surface area (Å²) in [5.74, 6) is 0.0301. The molecule has 8 nitrogen and oxygen atoms in total. The van der Waals surface area contributed by atoms with Crippen LogP contribution in [0.3, 0.4) is 0 Å². The smallest absolute Gasteiger partial charge is 0.255 e. The summed E-state index contributed by atoms with van der Waals surface area (Å²) in [6, 6.07) is 14.5. The number of benzene rings is 2. The Hall–Kier alpha value is -4.11. The third kappa shape index (κ3) is 5.20. The maximum absolute atomic E-state index is 14.3. The first-order valence-electron chi connectivity index (χ1n) is 11.3. The van der Waals surface area contributed by atoms with Crippen molar-refractivity contribution in [3.63, 3.8) is 0 Å². The van der Waals surface area contributed by atoms with Crippen molar-refractivity contribution in [3.8, 4) is 17.0 Å². The maximum Gasteiger partial charge on any atom is 0.255 e. The number of aromatic nitrogens is 2. The molecule has 182 valence electrons. The molecule has 0 aliphatic rings. The zero-order chi connectivity index (χ0) is 24.9. The van der Waals surface area contributed by atoms with Gasteiger partial charge in [0.05, 0.1) is 5.56 Å². The quantitative estimate of drug-likeness (QED) is 0.258. The summed E-state index contributed by atoms with van der Waals surface area (Å²) in [4.78, 5) is 16.3. The Bertz CT molecular complexity index is 1350. The molecule has 9 heteroatoms. The Morgan fingerprint density at radius 2 is 1.83 bits per heavy atom. The van der Waals surface area contributed by atoms with Gasteiger partial charge in [-0.15, -0.1) is 0 Å². The van der Waals surface area contributed by atoms with Crippen molar-refractivity contribution in [1.82, 2.24) is 14.7 Å². The predicted molar refractivity (Wildman–Crippen MR) is 137 cm³/mol. The number of para-hydroxylation sites is 1. The first-order valence-corrected chi connectivity index (χ1v) is 11.3. The fraction of sp³-hybridized carbons (Fsp3) is 0.231. The summed E-state index contributed by atoms with van der Waals surface area (Å²) >= 11 is 0. The van der Waals surface area contributed by atoms with Crippen molar-refractivity contribution in [2.45, 2.75) is 13.8 Å². The fourth-order valence-electron chi connectivity index (χ4n) is 3.96. The molecule has 0 saturated heterocycles. The molecule has 4 rings (SSSR count). The van der Waals surface area contributed by atoms with Gasteiger partial charge in [0, 0.05) is 30.7 Å². The number of imidazole rings is 1. The van der Waals surface area contributed by atoms with Crippen molar-refractivity contribution in [3.05, 3.63) is 71.7 Å². The summed E-state index contributed by atoms with van der Waals surface area (Å²) in [6.45, 7) is 5.11. The minimum absolute atomic E-state index is 0.283. The zero-order valence-corrected chi connectivity index (χ0v) is 20.0. The van der Waals surface area contributed by atoms with Gasteiger partial charge in [-0.2, -0.15) is 0 Å². The number of primary amides is 1. The lowest BCUT2D eigenvalue weighted by molar-refractivity contribution is -0.119. The SMILES string of the molecule is CNCCNc1cccc(OCC(N)=O)c1-c1nc2ccc(F)cn2c1Nc1c(C)cccc1C. The monoisotopic (exact) mass is 476 g/mol. The Labute approximate surface area is 203 Å². The molecular weight excluding hydrogens is 447 g/mol. The van der Waals surface area contributed by atoms with Gasteiger partial charge in [-0.3, -0.25) is 9.20 Å². The van der Waals surface area contributed by atoms with Crippen molar-refractivity contribution in [2.75, 3.05) is 37.4 Å². The van der Waals surface area contributed by atoms with E-state index in [2.05, 4.69) is 16.0 Å². The molecule has 2 aromatic carbocycles. The number of amides is 1. The standard InChI is InChI=1S/C26H29FN6O2/c1-16-6-4-7-17(2)24(16)32-26-25(31-22-11-10-18(27)14-33(22)26)23-19(30-13-12-29-3)8-5-9-20(23)35-15-21(28)34/h4-11,14,29-30,32H,12-13,15H2,1-3H3,(H2,28,34). The van der Waals surface area contributed by atoms with E-state index < -0.39 is 11.7 Å². The highest BCUT2D eigenvalue weighted by atomic mass is 19.1. The lowest BCUT2D eigenvalue weighted by atomic mass is 10.1. The fourth-order valence-corrected chi connectivity index (χ4v) is 3.96. The van der Waals surface area contributed by atoms with Crippen molar-refractivity contribution in [1.29, 1.82) is 0 Å². The van der Waals surface area contributed by atoms with Crippen LogP contribution in [0.5, 0.6) is 5.75 Å². The zero-order valence-electron chi connectivity index (χ0n) is 20.0. The van der Waals surface area contributed by atoms with Gasteiger partial charge in [-0.25, -0.2) is 9.37 Å². The van der Waals surface area contributed by atoms with Crippen LogP contribution in [0.15, 0.2) is 54.7 Å². The van der Waals surface area contributed by atoms with Gasteiger partial charge in [0.2, 0.25) is 0 Å². The van der Waals surface area contributed by atoms with Crippen LogP contribution in [0, 0.1) is 19.7 Å². The molecule has 0 fully saturated rings. The molecule has 0 radical (unpaired) electrons. The van der Waals surface area contributed by atoms with E-state index in [0.717, 1.165) is 29.0 Å². The number of fused-ring (bicyclic) bond motifs is 1. The second-order valence-electron chi connectivity index (χ2n) is 8.24. The molecule has 0 spiro atoms. The number of pyridine rings is 1. The van der Waals surface area contributed by atoms with Crippen molar-refractivity contribution < 1.29 is 13.9 Å². The summed E-state index contributed by atoms with van der Waals surface area (Å²) in [5.41, 5.74) is 10.8. The Morgan fingerprint density at radius 3 is 2.54 bits per heavy atom. The second-order valence-corrected chi connectivity index (χ2v) is 8.24. The van der Waals surface area contributed by atoms with Gasteiger partial charge < -0.3 is 26.4 Å². The van der Waals surface area contributed by atoms with Gasteiger partial charge in [-0.05, 0) is 56.3 Å². The number of carbonyl (C=O) groups excluding carboxylic acids is 1. The number of carbonyl (C=O) groups is 1. The molecule has 35 heavy (non-hydrogen) atoms. The summed E-state index contributed by atoms with van der Waals surface area (Å²) < 4.78 is 21.8. The molecule has 4 aromatic rings. The minimum atomic E-state index is -0.588. The van der Waals surface area contributed by atoms with E-state index in [-0.39, 0.29) is 6.61 Å². The van der Waals surface area contributed by atoms with Crippen LogP contribution in [0.25, 0.3) is 16.9 Å². The van der Waals surface area contributed by atoms with Crippen LogP contribution in [0.2, 0.25) is 0 Å². The number of likely N-dealkylation sites (N-methyl/N-ethyl adjacent to an activating group) is 1. The molecule has 0 bridgehead atoms. The molecule has 5 N–H and O–H groups in total. The van der Waals surface area contributed by atoms with Crippen LogP contribution in [-0.2, 0) is 4.79 Å². The Morgan fingerprint density at radius 1 is 1.09 bits per heavy atom. The number of nitrogens with zero attached hydrogens (tertiary/aromatic N) is 2. The number of rotatable bonds is 10. The first kappa shape index (κ1) is 24.0. The van der Waals surface area contributed by atoms with Crippen LogP contribution in [0.1, 0.15) is 11.1 Å². The third-order valence-corrected chi connectivity index (χ3v) is 5.63. The van der Waals surface area contributed by atoms with E-state index in [0.29, 0.717) is 35.0 Å². The highest BCUT2D eigenvalue weighted by Gasteiger charge is 2.23. The number of anilines is 3. The number of halogens is 1. The average molecular weight is 477 g/mol. The number of ether oxygens (including phenoxy) is 1. The highest BCUT2D eigenvalue weighted by Crippen LogP contribution is 2.42. The molecular formula is C26H29FN6O2. The van der Waals surface area contributed by atoms with Crippen LogP contribution >= 0.6 is 0 Å². The molecule has 0 aliphatic heterocycles. The van der Waals surface area contributed by atoms with Crippen LogP contribution in [-0.4, -0.2) is 42.0 Å². The molecule has 0 aliphatic carbocycles. The summed E-state index contributed by atoms with van der Waals surface area (Å²) in [7, 11) is 1.87. The average Bonchev–Trinajstić information content (AvgIpc) is 3.17. The maximum atomic E-state index is 14.3. The van der Waals surface area contributed by atoms with Gasteiger partial charge in [-0.1, -0.05) is 24.3 Å². The third-order valence-electron chi connectivity index (χ3n) is 5.63. The van der Waals surface area contributed by atoms with Gasteiger partial charge in [0.1, 0.15) is 28.7 Å². The number of hydrogen-bond acceptors (Lipinski definition) is 6. The van der Waals surface area contributed by atoms with Crippen molar-refractivity contribution >= 4 is 28.7 Å². The molecule has 2 heterocycles. The highest BCUT2D eigenvalue weighted by molar-refractivity contribution is 5.91. The van der Waals surface area contributed by atoms with Gasteiger partial charge in [0.15, 0.2) is 6.61 Å². The van der Waals surface area contributed by atoms with E-state index in [1.54, 1.807) is 16.5 Å². The lowest BCUT2D eigenvalue weighted by Crippen LogP contribution is -2.21. The predicted octanol–water partition coefficient (Wildman–Crippen LogP) is 4.00. The lowest BCUT2D eigenvalue weighted by Gasteiger charge is -2.18. The molecule has 0 saturated carbocycles. The minimum Gasteiger partial charge on any atom is -0.483 e. The number of nitrogens with one attached hydrogen (secondary N) is 3. The Kier molecular flexibility index (Phi) is 7.17. The van der Waals surface area contributed by atoms with Crippen LogP contribution in [0.4, 0.5) is 21.6 Å². The van der Waals surface area contributed by atoms with Gasteiger partial charge >= 0.3 is 0 Å². The molecule has 0 unspecified atom stereocenters. The van der Waals surface area contributed by atoms with E-state index in [1.165, 1.54) is 12.3 Å². The normalized spacial score (nSPS) is 11.0. The van der Waals surface area contributed by atoms with E-state index in [4.69, 9.17) is 15.5 Å².